The van der Waals surface area contributed by atoms with Crippen molar-refractivity contribution in [3.8, 4) is 0 Å². The summed E-state index contributed by atoms with van der Waals surface area (Å²) in [5, 5.41) is 14.3. The van der Waals surface area contributed by atoms with E-state index < -0.39 is 0 Å². The second kappa shape index (κ2) is 7.21. The van der Waals surface area contributed by atoms with Crippen molar-refractivity contribution < 1.29 is 10.7 Å². The lowest BCUT2D eigenvalue weighted by atomic mass is 10.0. The van der Waals surface area contributed by atoms with Crippen LogP contribution >= 0.6 is 0 Å². The first-order valence-corrected chi connectivity index (χ1v) is 8.68. The quantitative estimate of drug-likeness (QED) is 0.299. The standard InChI is InChI=1S/C23H19N3/c24-23(20-14-8-10-17-9-4-5-13-19(17)20)26-22-16-7-6-15-21(22)25-18-11-2-1-3-12-18/h1-16,25H,(H2,24,26)/p+2. The average Bonchev–Trinajstić information content (AvgIpc) is 2.70. The van der Waals surface area contributed by atoms with Crippen LogP contribution in [-0.4, -0.2) is 5.84 Å². The van der Waals surface area contributed by atoms with E-state index in [4.69, 9.17) is 5.41 Å². The summed E-state index contributed by atoms with van der Waals surface area (Å²) in [5.41, 5.74) is 4.19. The van der Waals surface area contributed by atoms with Crippen LogP contribution in [0.2, 0.25) is 0 Å². The molecule has 0 fully saturated rings. The Morgan fingerprint density at radius 1 is 0.692 bits per heavy atom. The number of hydrogen-bond acceptors (Lipinski definition) is 1. The minimum absolute atomic E-state index is 0.754. The summed E-state index contributed by atoms with van der Waals surface area (Å²) >= 11 is 0. The molecule has 3 heteroatoms. The minimum atomic E-state index is 0.754. The summed E-state index contributed by atoms with van der Waals surface area (Å²) < 4.78 is 0. The molecule has 0 atom stereocenters. The number of para-hydroxylation sites is 3. The van der Waals surface area contributed by atoms with Gasteiger partial charge < -0.3 is 5.32 Å². The highest BCUT2D eigenvalue weighted by Crippen LogP contribution is 2.22. The van der Waals surface area contributed by atoms with Crippen LogP contribution in [0.15, 0.2) is 97.1 Å². The van der Waals surface area contributed by atoms with E-state index in [0.717, 1.165) is 33.8 Å². The van der Waals surface area contributed by atoms with Crippen molar-refractivity contribution in [3.63, 3.8) is 0 Å². The molecule has 0 radical (unpaired) electrons. The molecule has 0 amide bonds. The summed E-state index contributed by atoms with van der Waals surface area (Å²) in [5.74, 6) is 0.754. The molecule has 0 aliphatic carbocycles. The van der Waals surface area contributed by atoms with Gasteiger partial charge in [-0.05, 0) is 29.7 Å². The van der Waals surface area contributed by atoms with E-state index in [0.29, 0.717) is 0 Å². The lowest BCUT2D eigenvalue weighted by molar-refractivity contribution is -0.478. The van der Waals surface area contributed by atoms with Gasteiger partial charge in [0.2, 0.25) is 0 Å². The molecule has 126 valence electrons. The van der Waals surface area contributed by atoms with Gasteiger partial charge in [-0.2, -0.15) is 0 Å². The monoisotopic (exact) mass is 339 g/mol. The molecule has 0 aliphatic rings. The van der Waals surface area contributed by atoms with Crippen molar-refractivity contribution in [2.75, 3.05) is 5.32 Å². The van der Waals surface area contributed by atoms with Gasteiger partial charge in [-0.25, -0.2) is 10.7 Å². The fourth-order valence-corrected chi connectivity index (χ4v) is 3.14. The first-order valence-electron chi connectivity index (χ1n) is 8.68. The third-order valence-electron chi connectivity index (χ3n) is 4.43. The molecule has 3 nitrogen and oxygen atoms in total. The zero-order chi connectivity index (χ0) is 17.8. The van der Waals surface area contributed by atoms with Gasteiger partial charge in [0.25, 0.3) is 0 Å². The van der Waals surface area contributed by atoms with Gasteiger partial charge in [0.1, 0.15) is 11.3 Å². The number of anilines is 2. The van der Waals surface area contributed by atoms with Gasteiger partial charge in [0, 0.05) is 17.1 Å². The zero-order valence-electron chi connectivity index (χ0n) is 14.4. The molecule has 4 aromatic rings. The molecule has 0 spiro atoms. The number of nitrogens with two attached hydrogens (primary N) is 2. The fraction of sp³-hybridized carbons (Fsp3) is 0. The summed E-state index contributed by atoms with van der Waals surface area (Å²) in [6.07, 6.45) is 0. The van der Waals surface area contributed by atoms with Crippen LogP contribution in [0.1, 0.15) is 5.56 Å². The van der Waals surface area contributed by atoms with E-state index in [-0.39, 0.29) is 0 Å². The Morgan fingerprint density at radius 2 is 1.38 bits per heavy atom. The van der Waals surface area contributed by atoms with Gasteiger partial charge in [-0.15, -0.1) is 0 Å². The summed E-state index contributed by atoms with van der Waals surface area (Å²) in [6, 6.07) is 32.9. The van der Waals surface area contributed by atoms with E-state index in [9.17, 15) is 0 Å². The van der Waals surface area contributed by atoms with Crippen molar-refractivity contribution in [2.24, 2.45) is 0 Å². The number of rotatable bonds is 4. The van der Waals surface area contributed by atoms with Crippen molar-refractivity contribution in [2.45, 2.75) is 0 Å². The second-order valence-electron chi connectivity index (χ2n) is 6.20. The van der Waals surface area contributed by atoms with Crippen molar-refractivity contribution in [1.29, 1.82) is 0 Å². The van der Waals surface area contributed by atoms with E-state index in [1.54, 1.807) is 0 Å². The molecule has 0 aromatic heterocycles. The lowest BCUT2D eigenvalue weighted by Gasteiger charge is -2.09. The first kappa shape index (κ1) is 16.1. The highest BCUT2D eigenvalue weighted by atomic mass is 15.0. The van der Waals surface area contributed by atoms with Crippen molar-refractivity contribution in [1.82, 2.24) is 0 Å². The van der Waals surface area contributed by atoms with Gasteiger partial charge in [-0.3, -0.25) is 0 Å². The zero-order valence-corrected chi connectivity index (χ0v) is 14.4. The van der Waals surface area contributed by atoms with Gasteiger partial charge in [0.15, 0.2) is 5.69 Å². The maximum Gasteiger partial charge on any atom is 0.370 e. The summed E-state index contributed by atoms with van der Waals surface area (Å²) in [4.78, 5) is 0. The third-order valence-corrected chi connectivity index (χ3v) is 4.43. The van der Waals surface area contributed by atoms with E-state index in [2.05, 4.69) is 53.8 Å². The molecule has 0 saturated heterocycles. The Balaban J connectivity index is 1.64. The molecule has 0 saturated carbocycles. The number of hydrogen-bond donors (Lipinski definition) is 3. The molecule has 0 heterocycles. The SMILES string of the molecule is [NH2+]=C([NH2+]c1ccccc1Nc1ccccc1)c1cccc2ccccc12. The predicted octanol–water partition coefficient (Wildman–Crippen LogP) is 2.98. The molecular formula is C23H21N3+2. The number of benzene rings is 4. The Labute approximate surface area is 152 Å². The molecule has 4 rings (SSSR count). The van der Waals surface area contributed by atoms with Crippen molar-refractivity contribution in [3.05, 3.63) is 103 Å². The maximum absolute atomic E-state index is 6.49. The van der Waals surface area contributed by atoms with Crippen LogP contribution < -0.4 is 16.0 Å². The van der Waals surface area contributed by atoms with Crippen molar-refractivity contribution >= 4 is 33.7 Å². The molecular weight excluding hydrogens is 318 g/mol. The minimum Gasteiger partial charge on any atom is -0.351 e. The van der Waals surface area contributed by atoms with Crippen LogP contribution in [0.5, 0.6) is 0 Å². The van der Waals surface area contributed by atoms with Gasteiger partial charge in [0.05, 0.1) is 0 Å². The maximum atomic E-state index is 6.49. The second-order valence-corrected chi connectivity index (χ2v) is 6.20. The Hall–Kier alpha value is -3.43. The predicted molar refractivity (Wildman–Crippen MR) is 108 cm³/mol. The van der Waals surface area contributed by atoms with Crippen LogP contribution in [0.25, 0.3) is 10.8 Å². The largest absolute Gasteiger partial charge is 0.370 e. The van der Waals surface area contributed by atoms with Crippen LogP contribution in [0.4, 0.5) is 17.1 Å². The number of nitrogens with one attached hydrogen (secondary N) is 1. The summed E-state index contributed by atoms with van der Waals surface area (Å²) in [7, 11) is 0. The van der Waals surface area contributed by atoms with E-state index in [1.165, 1.54) is 5.39 Å². The number of quaternary nitrogens is 1. The molecule has 26 heavy (non-hydrogen) atoms. The van der Waals surface area contributed by atoms with Gasteiger partial charge >= 0.3 is 5.84 Å². The molecule has 0 unspecified atom stereocenters. The molecule has 4 aromatic carbocycles. The Bertz CT molecular complexity index is 1050. The third kappa shape index (κ3) is 3.34. The molecule has 5 N–H and O–H groups in total. The van der Waals surface area contributed by atoms with Crippen LogP contribution in [-0.2, 0) is 0 Å². The van der Waals surface area contributed by atoms with E-state index in [1.807, 2.05) is 53.8 Å². The first-order chi connectivity index (χ1) is 12.8. The average molecular weight is 339 g/mol. The van der Waals surface area contributed by atoms with Crippen LogP contribution in [0.3, 0.4) is 0 Å². The topological polar surface area (TPSA) is 54.2 Å². The van der Waals surface area contributed by atoms with E-state index >= 15 is 0 Å². The Kier molecular flexibility index (Phi) is 4.46. The molecule has 0 aliphatic heterocycles. The normalized spacial score (nSPS) is 10.6. The Morgan fingerprint density at radius 3 is 2.27 bits per heavy atom. The highest BCUT2D eigenvalue weighted by Gasteiger charge is 2.18. The van der Waals surface area contributed by atoms with Crippen LogP contribution in [0, 0.1) is 0 Å². The smallest absolute Gasteiger partial charge is 0.351 e. The lowest BCUT2D eigenvalue weighted by Crippen LogP contribution is -2.89. The molecule has 0 bridgehead atoms. The van der Waals surface area contributed by atoms with Gasteiger partial charge in [-0.1, -0.05) is 66.7 Å². The fourth-order valence-electron chi connectivity index (χ4n) is 3.14. The summed E-state index contributed by atoms with van der Waals surface area (Å²) in [6.45, 7) is 0. The number of amidine groups is 1. The highest BCUT2D eigenvalue weighted by molar-refractivity contribution is 6.03. The number of fused-ring (bicyclic) bond motifs is 1.